The maximum absolute atomic E-state index is 12.0. The Morgan fingerprint density at radius 2 is 2.16 bits per heavy atom. The van der Waals surface area contributed by atoms with Crippen molar-refractivity contribution in [2.45, 2.75) is 26.1 Å². The molecule has 1 N–H and O–H groups in total. The maximum atomic E-state index is 12.0. The molecular weight excluding hydrogens is 242 g/mol. The molecule has 1 aromatic rings. The van der Waals surface area contributed by atoms with E-state index in [2.05, 4.69) is 0 Å². The highest BCUT2D eigenvalue weighted by Crippen LogP contribution is 2.26. The van der Waals surface area contributed by atoms with E-state index in [1.165, 1.54) is 0 Å². The lowest BCUT2D eigenvalue weighted by Crippen LogP contribution is -2.36. The van der Waals surface area contributed by atoms with Gasteiger partial charge in [0, 0.05) is 19.0 Å². The molecule has 1 saturated heterocycles. The molecule has 4 nitrogen and oxygen atoms in total. The molecule has 1 aromatic carbocycles. The van der Waals surface area contributed by atoms with E-state index >= 15 is 0 Å². The third-order valence-corrected chi connectivity index (χ3v) is 3.76. The van der Waals surface area contributed by atoms with E-state index in [-0.39, 0.29) is 18.4 Å². The number of carbonyl (C=O) groups excluding carboxylic acids is 1. The molecule has 19 heavy (non-hydrogen) atoms. The van der Waals surface area contributed by atoms with Gasteiger partial charge in [0.1, 0.15) is 6.61 Å². The van der Waals surface area contributed by atoms with Crippen LogP contribution in [0.3, 0.4) is 0 Å². The van der Waals surface area contributed by atoms with Gasteiger partial charge < -0.3 is 14.7 Å². The lowest BCUT2D eigenvalue weighted by molar-refractivity contribution is -0.136. The van der Waals surface area contributed by atoms with Crippen molar-refractivity contribution in [1.29, 1.82) is 0 Å². The lowest BCUT2D eigenvalue weighted by atomic mass is 9.95. The first-order chi connectivity index (χ1) is 8.99. The Labute approximate surface area is 114 Å². The van der Waals surface area contributed by atoms with Crippen molar-refractivity contribution in [3.8, 4) is 0 Å². The minimum atomic E-state index is -0.783. The van der Waals surface area contributed by atoms with Crippen LogP contribution in [0.5, 0.6) is 0 Å². The maximum Gasteiger partial charge on any atom is 0.248 e. The third kappa shape index (κ3) is 3.55. The van der Waals surface area contributed by atoms with Crippen molar-refractivity contribution in [2.75, 3.05) is 19.7 Å². The topological polar surface area (TPSA) is 49.8 Å². The number of nitrogens with zero attached hydrogens (tertiary/aromatic N) is 1. The molecule has 0 unspecified atom stereocenters. The summed E-state index contributed by atoms with van der Waals surface area (Å²) in [5, 5.41) is 10.1. The Morgan fingerprint density at radius 3 is 2.74 bits per heavy atom. The number of β-amino-alcohol motifs (C(OH)–C–C–N with tert-alkyl or cyclic N) is 1. The van der Waals surface area contributed by atoms with Gasteiger partial charge in [0.25, 0.3) is 0 Å². The number of ether oxygens (including phenoxy) is 1. The summed E-state index contributed by atoms with van der Waals surface area (Å²) >= 11 is 0. The van der Waals surface area contributed by atoms with Crippen LogP contribution in [-0.2, 0) is 16.1 Å². The molecule has 0 aliphatic carbocycles. The number of aliphatic hydroxyl groups is 1. The molecule has 4 heteroatoms. The molecular formula is C15H21NO3. The summed E-state index contributed by atoms with van der Waals surface area (Å²) in [6, 6.07) is 9.77. The van der Waals surface area contributed by atoms with Gasteiger partial charge in [0.05, 0.1) is 12.2 Å². The Hall–Kier alpha value is -1.39. The van der Waals surface area contributed by atoms with Crippen molar-refractivity contribution in [1.82, 2.24) is 4.90 Å². The van der Waals surface area contributed by atoms with Gasteiger partial charge in [0.2, 0.25) is 5.91 Å². The summed E-state index contributed by atoms with van der Waals surface area (Å²) in [7, 11) is 0. The number of likely N-dealkylation sites (tertiary alicyclic amines) is 1. The van der Waals surface area contributed by atoms with E-state index < -0.39 is 5.60 Å². The summed E-state index contributed by atoms with van der Waals surface area (Å²) in [6.07, 6.45) is 0. The summed E-state index contributed by atoms with van der Waals surface area (Å²) in [4.78, 5) is 13.6. The Balaban J connectivity index is 1.77. The van der Waals surface area contributed by atoms with E-state index in [1.54, 1.807) is 11.8 Å². The van der Waals surface area contributed by atoms with Crippen LogP contribution in [0.4, 0.5) is 0 Å². The predicted octanol–water partition coefficient (Wildman–Crippen LogP) is 1.43. The Bertz CT molecular complexity index is 430. The number of carbonyl (C=O) groups is 1. The predicted molar refractivity (Wildman–Crippen MR) is 72.5 cm³/mol. The molecule has 1 amide bonds. The largest absolute Gasteiger partial charge is 0.388 e. The highest BCUT2D eigenvalue weighted by molar-refractivity contribution is 5.78. The number of amides is 1. The monoisotopic (exact) mass is 263 g/mol. The molecule has 2 atom stereocenters. The van der Waals surface area contributed by atoms with Crippen LogP contribution in [0.25, 0.3) is 0 Å². The number of hydrogen-bond acceptors (Lipinski definition) is 3. The highest BCUT2D eigenvalue weighted by Gasteiger charge is 2.40. The molecule has 2 rings (SSSR count). The molecule has 0 saturated carbocycles. The molecule has 0 bridgehead atoms. The summed E-state index contributed by atoms with van der Waals surface area (Å²) in [6.45, 7) is 5.22. The van der Waals surface area contributed by atoms with E-state index in [0.717, 1.165) is 5.56 Å². The van der Waals surface area contributed by atoms with E-state index in [9.17, 15) is 9.90 Å². The molecule has 1 heterocycles. The fourth-order valence-electron chi connectivity index (χ4n) is 2.25. The normalized spacial score (nSPS) is 26.7. The van der Waals surface area contributed by atoms with E-state index in [1.807, 2.05) is 37.3 Å². The van der Waals surface area contributed by atoms with E-state index in [0.29, 0.717) is 19.7 Å². The van der Waals surface area contributed by atoms with Crippen molar-refractivity contribution in [3.05, 3.63) is 35.9 Å². The van der Waals surface area contributed by atoms with Crippen LogP contribution in [0.1, 0.15) is 19.4 Å². The van der Waals surface area contributed by atoms with Gasteiger partial charge in [-0.05, 0) is 12.5 Å². The first kappa shape index (κ1) is 14.0. The summed E-state index contributed by atoms with van der Waals surface area (Å²) in [5.74, 6) is 0.0473. The number of benzene rings is 1. The molecule has 0 spiro atoms. The fraction of sp³-hybridized carbons (Fsp3) is 0.533. The van der Waals surface area contributed by atoms with Crippen LogP contribution in [-0.4, -0.2) is 41.2 Å². The zero-order chi connectivity index (χ0) is 13.9. The minimum Gasteiger partial charge on any atom is -0.388 e. The number of rotatable bonds is 4. The average molecular weight is 263 g/mol. The quantitative estimate of drug-likeness (QED) is 0.894. The molecule has 0 aromatic heterocycles. The second kappa shape index (κ2) is 5.72. The first-order valence-electron chi connectivity index (χ1n) is 6.61. The average Bonchev–Trinajstić information content (AvgIpc) is 2.65. The first-order valence-corrected chi connectivity index (χ1v) is 6.61. The van der Waals surface area contributed by atoms with E-state index in [4.69, 9.17) is 4.74 Å². The molecule has 1 aliphatic rings. The zero-order valence-corrected chi connectivity index (χ0v) is 11.5. The van der Waals surface area contributed by atoms with Gasteiger partial charge in [-0.15, -0.1) is 0 Å². The van der Waals surface area contributed by atoms with Crippen molar-refractivity contribution < 1.29 is 14.6 Å². The van der Waals surface area contributed by atoms with Gasteiger partial charge in [-0.1, -0.05) is 37.3 Å². The minimum absolute atomic E-state index is 0.0550. The SMILES string of the molecule is C[C@@H]1CN(C(=O)COCc2ccccc2)C[C@]1(C)O. The van der Waals surface area contributed by atoms with Gasteiger partial charge in [-0.25, -0.2) is 0 Å². The summed E-state index contributed by atoms with van der Waals surface area (Å²) < 4.78 is 5.42. The van der Waals surface area contributed by atoms with Crippen LogP contribution in [0.15, 0.2) is 30.3 Å². The van der Waals surface area contributed by atoms with Gasteiger partial charge in [0.15, 0.2) is 0 Å². The zero-order valence-electron chi connectivity index (χ0n) is 11.5. The van der Waals surface area contributed by atoms with Crippen molar-refractivity contribution in [3.63, 3.8) is 0 Å². The molecule has 104 valence electrons. The van der Waals surface area contributed by atoms with Crippen LogP contribution >= 0.6 is 0 Å². The second-order valence-corrected chi connectivity index (χ2v) is 5.51. The molecule has 1 fully saturated rings. The Kier molecular flexibility index (Phi) is 4.22. The van der Waals surface area contributed by atoms with Crippen molar-refractivity contribution >= 4 is 5.91 Å². The standard InChI is InChI=1S/C15H21NO3/c1-12-8-16(11-15(12,2)18)14(17)10-19-9-13-6-4-3-5-7-13/h3-7,12,18H,8-11H2,1-2H3/t12-,15+/m1/s1. The third-order valence-electron chi connectivity index (χ3n) is 3.76. The summed E-state index contributed by atoms with van der Waals surface area (Å²) in [5.41, 5.74) is 0.270. The molecule has 1 aliphatic heterocycles. The van der Waals surface area contributed by atoms with Crippen molar-refractivity contribution in [2.24, 2.45) is 5.92 Å². The van der Waals surface area contributed by atoms with Gasteiger partial charge in [-0.3, -0.25) is 4.79 Å². The van der Waals surface area contributed by atoms with Crippen LogP contribution < -0.4 is 0 Å². The van der Waals surface area contributed by atoms with Gasteiger partial charge in [-0.2, -0.15) is 0 Å². The van der Waals surface area contributed by atoms with Gasteiger partial charge >= 0.3 is 0 Å². The molecule has 0 radical (unpaired) electrons. The smallest absolute Gasteiger partial charge is 0.248 e. The van der Waals surface area contributed by atoms with Crippen LogP contribution in [0.2, 0.25) is 0 Å². The lowest BCUT2D eigenvalue weighted by Gasteiger charge is -2.20. The Morgan fingerprint density at radius 1 is 1.47 bits per heavy atom. The highest BCUT2D eigenvalue weighted by atomic mass is 16.5. The second-order valence-electron chi connectivity index (χ2n) is 5.51. The van der Waals surface area contributed by atoms with Crippen LogP contribution in [0, 0.1) is 5.92 Å². The number of hydrogen-bond donors (Lipinski definition) is 1. The fourth-order valence-corrected chi connectivity index (χ4v) is 2.25.